The van der Waals surface area contributed by atoms with Crippen LogP contribution in [0.25, 0.3) is 0 Å². The molecule has 0 amide bonds. The molecular formula is C18H29BN2O. The van der Waals surface area contributed by atoms with Gasteiger partial charge in [-0.15, -0.1) is 0 Å². The standard InChI is InChI=1S/C18H29BN2O/c1-18(2)7-4-16-12-14-5-8-20(19)9-6-15(14)13-17(16)21(18)10-11-22-3/h12-13H,4-11,19H2,1-3H3. The van der Waals surface area contributed by atoms with E-state index in [1.807, 2.05) is 0 Å². The first-order valence-electron chi connectivity index (χ1n) is 8.61. The first kappa shape index (κ1) is 15.9. The van der Waals surface area contributed by atoms with Crippen molar-refractivity contribution in [2.24, 2.45) is 0 Å². The van der Waals surface area contributed by atoms with Crippen molar-refractivity contribution in [1.29, 1.82) is 0 Å². The highest BCUT2D eigenvalue weighted by atomic mass is 16.5. The van der Waals surface area contributed by atoms with Crippen LogP contribution in [-0.4, -0.2) is 51.7 Å². The summed E-state index contributed by atoms with van der Waals surface area (Å²) in [4.78, 5) is 5.02. The molecule has 1 aromatic rings. The quantitative estimate of drug-likeness (QED) is 0.792. The fourth-order valence-corrected chi connectivity index (χ4v) is 3.89. The summed E-state index contributed by atoms with van der Waals surface area (Å²) in [6, 6.07) is 4.99. The monoisotopic (exact) mass is 300 g/mol. The van der Waals surface area contributed by atoms with E-state index in [4.69, 9.17) is 4.74 Å². The topological polar surface area (TPSA) is 15.7 Å². The Labute approximate surface area is 136 Å². The average Bonchev–Trinajstić information content (AvgIpc) is 2.66. The van der Waals surface area contributed by atoms with Crippen LogP contribution >= 0.6 is 0 Å². The van der Waals surface area contributed by atoms with Crippen LogP contribution in [-0.2, 0) is 24.0 Å². The van der Waals surface area contributed by atoms with Crippen molar-refractivity contribution in [1.82, 2.24) is 4.81 Å². The van der Waals surface area contributed by atoms with Crippen molar-refractivity contribution < 1.29 is 4.74 Å². The molecule has 0 fully saturated rings. The number of fused-ring (bicyclic) bond motifs is 2. The number of ether oxygens (including phenoxy) is 1. The Balaban J connectivity index is 1.97. The van der Waals surface area contributed by atoms with E-state index in [0.29, 0.717) is 0 Å². The van der Waals surface area contributed by atoms with Gasteiger partial charge in [0.1, 0.15) is 0 Å². The molecule has 3 rings (SSSR count). The van der Waals surface area contributed by atoms with Crippen molar-refractivity contribution in [3.05, 3.63) is 28.8 Å². The zero-order chi connectivity index (χ0) is 15.7. The summed E-state index contributed by atoms with van der Waals surface area (Å²) in [7, 11) is 4.03. The van der Waals surface area contributed by atoms with Gasteiger partial charge in [0.2, 0.25) is 0 Å². The molecule has 3 nitrogen and oxygen atoms in total. The molecule has 0 saturated heterocycles. The minimum Gasteiger partial charge on any atom is -0.383 e. The number of benzene rings is 1. The second-order valence-electron chi connectivity index (χ2n) is 7.51. The lowest BCUT2D eigenvalue weighted by Crippen LogP contribution is -2.49. The lowest BCUT2D eigenvalue weighted by Gasteiger charge is -2.45. The molecule has 0 spiro atoms. The minimum atomic E-state index is 0.223. The predicted octanol–water partition coefficient (Wildman–Crippen LogP) is 1.81. The first-order chi connectivity index (χ1) is 10.5. The van der Waals surface area contributed by atoms with E-state index in [9.17, 15) is 0 Å². The maximum absolute atomic E-state index is 5.35. The number of hydrogen-bond donors (Lipinski definition) is 0. The third-order valence-electron chi connectivity index (χ3n) is 5.47. The number of aryl methyl sites for hydroxylation is 1. The fraction of sp³-hybridized carbons (Fsp3) is 0.667. The van der Waals surface area contributed by atoms with Gasteiger partial charge in [-0.2, -0.15) is 0 Å². The highest BCUT2D eigenvalue weighted by Gasteiger charge is 2.33. The van der Waals surface area contributed by atoms with Crippen molar-refractivity contribution in [2.45, 2.75) is 45.1 Å². The molecule has 0 saturated carbocycles. The third kappa shape index (κ3) is 3.04. The highest BCUT2D eigenvalue weighted by Crippen LogP contribution is 2.38. The molecule has 2 aliphatic rings. The van der Waals surface area contributed by atoms with E-state index >= 15 is 0 Å². The molecule has 0 N–H and O–H groups in total. The SMILES string of the molecule is BN1CCc2cc3c(cc2CC1)N(CCOC)C(C)(C)CC3. The summed E-state index contributed by atoms with van der Waals surface area (Å²) in [6.07, 6.45) is 4.80. The van der Waals surface area contributed by atoms with Crippen LogP contribution < -0.4 is 4.90 Å². The Hall–Kier alpha value is -0.995. The Morgan fingerprint density at radius 2 is 1.77 bits per heavy atom. The summed E-state index contributed by atoms with van der Waals surface area (Å²) in [5, 5.41) is 0. The lowest BCUT2D eigenvalue weighted by molar-refractivity contribution is 0.197. The van der Waals surface area contributed by atoms with Gasteiger partial charge < -0.3 is 14.4 Å². The highest BCUT2D eigenvalue weighted by molar-refractivity contribution is 6.04. The van der Waals surface area contributed by atoms with Crippen LogP contribution in [0.15, 0.2) is 12.1 Å². The van der Waals surface area contributed by atoms with Crippen LogP contribution in [0.4, 0.5) is 5.69 Å². The van der Waals surface area contributed by atoms with E-state index in [2.05, 4.69) is 43.7 Å². The number of hydrogen-bond acceptors (Lipinski definition) is 3. The molecule has 2 aliphatic heterocycles. The van der Waals surface area contributed by atoms with Gasteiger partial charge >= 0.3 is 0 Å². The number of methoxy groups -OCH3 is 1. The minimum absolute atomic E-state index is 0.223. The fourth-order valence-electron chi connectivity index (χ4n) is 3.89. The molecule has 1 aromatic carbocycles. The molecule has 0 atom stereocenters. The smallest absolute Gasteiger partial charge is 0.185 e. The maximum atomic E-state index is 5.35. The number of anilines is 1. The Morgan fingerprint density at radius 1 is 1.09 bits per heavy atom. The van der Waals surface area contributed by atoms with E-state index in [1.54, 1.807) is 23.8 Å². The molecule has 0 unspecified atom stereocenters. The van der Waals surface area contributed by atoms with E-state index < -0.39 is 0 Å². The van der Waals surface area contributed by atoms with Gasteiger partial charge in [0.15, 0.2) is 7.98 Å². The molecule has 0 radical (unpaired) electrons. The van der Waals surface area contributed by atoms with Crippen LogP contribution in [0.3, 0.4) is 0 Å². The van der Waals surface area contributed by atoms with Crippen molar-refractivity contribution in [2.75, 3.05) is 38.3 Å². The third-order valence-corrected chi connectivity index (χ3v) is 5.47. The van der Waals surface area contributed by atoms with Gasteiger partial charge in [0.25, 0.3) is 0 Å². The average molecular weight is 300 g/mol. The predicted molar refractivity (Wildman–Crippen MR) is 95.6 cm³/mol. The second kappa shape index (κ2) is 6.25. The zero-order valence-corrected chi connectivity index (χ0v) is 14.6. The molecular weight excluding hydrogens is 271 g/mol. The molecule has 0 aliphatic carbocycles. The number of nitrogens with zero attached hydrogens (tertiary/aromatic N) is 2. The Morgan fingerprint density at radius 3 is 2.45 bits per heavy atom. The van der Waals surface area contributed by atoms with Crippen molar-refractivity contribution in [3.63, 3.8) is 0 Å². The second-order valence-corrected chi connectivity index (χ2v) is 7.51. The summed E-state index contributed by atoms with van der Waals surface area (Å²) < 4.78 is 5.35. The maximum Gasteiger partial charge on any atom is 0.185 e. The molecule has 0 aromatic heterocycles. The van der Waals surface area contributed by atoms with Gasteiger partial charge in [-0.3, -0.25) is 0 Å². The normalized spacial score (nSPS) is 21.1. The molecule has 120 valence electrons. The van der Waals surface area contributed by atoms with Gasteiger partial charge in [-0.25, -0.2) is 0 Å². The van der Waals surface area contributed by atoms with Crippen LogP contribution in [0, 0.1) is 0 Å². The Bertz CT molecular complexity index is 544. The molecule has 2 heterocycles. The molecule has 22 heavy (non-hydrogen) atoms. The number of rotatable bonds is 3. The summed E-state index contributed by atoms with van der Waals surface area (Å²) in [5.41, 5.74) is 6.36. The summed E-state index contributed by atoms with van der Waals surface area (Å²) >= 11 is 0. The van der Waals surface area contributed by atoms with Crippen molar-refractivity contribution >= 4 is 13.7 Å². The van der Waals surface area contributed by atoms with Crippen LogP contribution in [0.5, 0.6) is 0 Å². The van der Waals surface area contributed by atoms with Gasteiger partial charge in [-0.05, 0) is 75.4 Å². The zero-order valence-electron chi connectivity index (χ0n) is 14.6. The van der Waals surface area contributed by atoms with Gasteiger partial charge in [-0.1, -0.05) is 6.07 Å². The van der Waals surface area contributed by atoms with Crippen LogP contribution in [0.1, 0.15) is 37.0 Å². The molecule has 0 bridgehead atoms. The first-order valence-corrected chi connectivity index (χ1v) is 8.61. The van der Waals surface area contributed by atoms with Crippen LogP contribution in [0.2, 0.25) is 0 Å². The van der Waals surface area contributed by atoms with E-state index in [1.165, 1.54) is 44.5 Å². The van der Waals surface area contributed by atoms with Gasteiger partial charge in [0.05, 0.1) is 6.61 Å². The summed E-state index contributed by atoms with van der Waals surface area (Å²) in [6.45, 7) is 8.87. The van der Waals surface area contributed by atoms with E-state index in [0.717, 1.165) is 13.2 Å². The lowest BCUT2D eigenvalue weighted by atomic mass is 9.84. The van der Waals surface area contributed by atoms with E-state index in [-0.39, 0.29) is 5.54 Å². The largest absolute Gasteiger partial charge is 0.383 e. The molecule has 4 heteroatoms. The van der Waals surface area contributed by atoms with Crippen molar-refractivity contribution in [3.8, 4) is 0 Å². The van der Waals surface area contributed by atoms with Gasteiger partial charge in [0, 0.05) is 24.9 Å². The Kier molecular flexibility index (Phi) is 4.51. The summed E-state index contributed by atoms with van der Waals surface area (Å²) in [5.74, 6) is 0.